The molecule has 0 aliphatic rings. The minimum atomic E-state index is -0.218. The molecule has 0 amide bonds. The first-order chi connectivity index (χ1) is 10.3. The number of benzene rings is 1. The highest BCUT2D eigenvalue weighted by Gasteiger charge is 2.23. The van der Waals surface area contributed by atoms with E-state index in [2.05, 4.69) is 45.1 Å². The summed E-state index contributed by atoms with van der Waals surface area (Å²) in [5, 5.41) is 4.87. The van der Waals surface area contributed by atoms with Crippen LogP contribution in [0.1, 0.15) is 33.3 Å². The third-order valence-electron chi connectivity index (χ3n) is 3.77. The van der Waals surface area contributed by atoms with Crippen molar-refractivity contribution in [3.05, 3.63) is 46.5 Å². The van der Waals surface area contributed by atoms with Crippen LogP contribution in [-0.4, -0.2) is 19.2 Å². The summed E-state index contributed by atoms with van der Waals surface area (Å²) in [6.07, 6.45) is 1.72. The highest BCUT2D eigenvalue weighted by Crippen LogP contribution is 2.27. The molecule has 3 nitrogen and oxygen atoms in total. The first kappa shape index (κ1) is 19.5. The Morgan fingerprint density at radius 3 is 2.36 bits per heavy atom. The van der Waals surface area contributed by atoms with Crippen molar-refractivity contribution in [3.8, 4) is 0 Å². The molecular formula is C17H26Cl2N2O. The fraction of sp³-hybridized carbons (Fsp3) is 0.529. The van der Waals surface area contributed by atoms with Gasteiger partial charge in [-0.3, -0.25) is 4.84 Å². The lowest BCUT2D eigenvalue weighted by molar-refractivity contribution is 0.0249. The summed E-state index contributed by atoms with van der Waals surface area (Å²) in [6, 6.07) is 5.86. The molecule has 2 unspecified atom stereocenters. The lowest BCUT2D eigenvalue weighted by atomic mass is 9.93. The molecule has 2 N–H and O–H groups in total. The molecule has 0 aliphatic carbocycles. The van der Waals surface area contributed by atoms with Crippen LogP contribution in [0.25, 0.3) is 0 Å². The van der Waals surface area contributed by atoms with Gasteiger partial charge in [0, 0.05) is 28.2 Å². The summed E-state index contributed by atoms with van der Waals surface area (Å²) in [6.45, 7) is 13.5. The molecule has 0 aliphatic heterocycles. The summed E-state index contributed by atoms with van der Waals surface area (Å²) in [7, 11) is 0. The van der Waals surface area contributed by atoms with Gasteiger partial charge in [-0.1, -0.05) is 36.2 Å². The molecule has 124 valence electrons. The quantitative estimate of drug-likeness (QED) is 0.391. The van der Waals surface area contributed by atoms with Crippen molar-refractivity contribution in [3.63, 3.8) is 0 Å². The van der Waals surface area contributed by atoms with Gasteiger partial charge < -0.3 is 5.32 Å². The Morgan fingerprint density at radius 2 is 1.82 bits per heavy atom. The number of hydroxylamine groups is 1. The molecule has 1 rings (SSSR count). The highest BCUT2D eigenvalue weighted by molar-refractivity contribution is 6.34. The second-order valence-corrected chi connectivity index (χ2v) is 7.02. The summed E-state index contributed by atoms with van der Waals surface area (Å²) in [5.74, 6) is 0.388. The van der Waals surface area contributed by atoms with Crippen molar-refractivity contribution in [2.75, 3.05) is 13.2 Å². The van der Waals surface area contributed by atoms with Crippen LogP contribution in [0, 0.1) is 5.92 Å². The van der Waals surface area contributed by atoms with Gasteiger partial charge in [-0.05, 0) is 50.5 Å². The summed E-state index contributed by atoms with van der Waals surface area (Å²) in [4.78, 5) is 5.28. The molecule has 0 spiro atoms. The van der Waals surface area contributed by atoms with Gasteiger partial charge in [0.25, 0.3) is 0 Å². The van der Waals surface area contributed by atoms with E-state index in [-0.39, 0.29) is 11.6 Å². The van der Waals surface area contributed by atoms with E-state index in [4.69, 9.17) is 28.0 Å². The Morgan fingerprint density at radius 1 is 1.23 bits per heavy atom. The summed E-state index contributed by atoms with van der Waals surface area (Å²) in [5.41, 5.74) is 3.88. The van der Waals surface area contributed by atoms with Crippen LogP contribution in [-0.2, 0) is 10.4 Å². The zero-order valence-corrected chi connectivity index (χ0v) is 15.3. The van der Waals surface area contributed by atoms with Crippen molar-refractivity contribution in [2.45, 2.75) is 39.3 Å². The molecule has 0 aromatic heterocycles. The van der Waals surface area contributed by atoms with Gasteiger partial charge in [-0.25, -0.2) is 0 Å². The summed E-state index contributed by atoms with van der Waals surface area (Å²) < 4.78 is 0. The molecule has 0 saturated heterocycles. The highest BCUT2D eigenvalue weighted by atomic mass is 35.5. The van der Waals surface area contributed by atoms with Crippen LogP contribution >= 0.6 is 23.2 Å². The van der Waals surface area contributed by atoms with Gasteiger partial charge in [0.15, 0.2) is 0 Å². The van der Waals surface area contributed by atoms with E-state index in [1.807, 2.05) is 12.1 Å². The normalized spacial score (nSPS) is 14.6. The molecule has 1 aromatic rings. The van der Waals surface area contributed by atoms with Gasteiger partial charge in [0.2, 0.25) is 0 Å². The van der Waals surface area contributed by atoms with Gasteiger partial charge in [-0.15, -0.1) is 6.58 Å². The fourth-order valence-electron chi connectivity index (χ4n) is 1.96. The molecule has 2 atom stereocenters. The third kappa shape index (κ3) is 6.27. The molecule has 5 heteroatoms. The molecule has 0 bridgehead atoms. The largest absolute Gasteiger partial charge is 0.308 e. The maximum absolute atomic E-state index is 6.09. The standard InChI is InChI=1S/C17H26Cl2N2O/c1-6-7-22-21-13(3)12(2)11-20-17(4,5)14-8-15(18)10-16(19)9-14/h6,8-10,12-13,20-21H,1,7,11H2,2-5H3. The molecular weight excluding hydrogens is 319 g/mol. The maximum atomic E-state index is 6.09. The minimum absolute atomic E-state index is 0.218. The summed E-state index contributed by atoms with van der Waals surface area (Å²) >= 11 is 12.2. The van der Waals surface area contributed by atoms with Crippen molar-refractivity contribution in [2.24, 2.45) is 5.92 Å². The Kier molecular flexibility index (Phi) is 7.87. The third-order valence-corrected chi connectivity index (χ3v) is 4.21. The van der Waals surface area contributed by atoms with Crippen LogP contribution < -0.4 is 10.8 Å². The molecule has 0 saturated carbocycles. The monoisotopic (exact) mass is 344 g/mol. The van der Waals surface area contributed by atoms with E-state index in [1.165, 1.54) is 0 Å². The van der Waals surface area contributed by atoms with E-state index in [9.17, 15) is 0 Å². The SMILES string of the molecule is C=CCONC(C)C(C)CNC(C)(C)c1cc(Cl)cc(Cl)c1. The van der Waals surface area contributed by atoms with E-state index in [0.29, 0.717) is 22.6 Å². The fourth-order valence-corrected chi connectivity index (χ4v) is 2.49. The van der Waals surface area contributed by atoms with Gasteiger partial charge in [-0.2, -0.15) is 5.48 Å². The van der Waals surface area contributed by atoms with E-state index in [0.717, 1.165) is 12.1 Å². The van der Waals surface area contributed by atoms with Gasteiger partial charge >= 0.3 is 0 Å². The predicted octanol–water partition coefficient (Wildman–Crippen LogP) is 4.55. The van der Waals surface area contributed by atoms with Gasteiger partial charge in [0.05, 0.1) is 6.61 Å². The number of hydrogen-bond donors (Lipinski definition) is 2. The van der Waals surface area contributed by atoms with Crippen LogP contribution in [0.2, 0.25) is 10.0 Å². The number of nitrogens with one attached hydrogen (secondary N) is 2. The second-order valence-electron chi connectivity index (χ2n) is 6.15. The van der Waals surface area contributed by atoms with Crippen molar-refractivity contribution in [1.82, 2.24) is 10.8 Å². The smallest absolute Gasteiger partial charge is 0.0861 e. The predicted molar refractivity (Wildman–Crippen MR) is 95.4 cm³/mol. The second kappa shape index (κ2) is 8.90. The zero-order valence-electron chi connectivity index (χ0n) is 13.7. The van der Waals surface area contributed by atoms with Crippen molar-refractivity contribution < 1.29 is 4.84 Å². The minimum Gasteiger partial charge on any atom is -0.308 e. The lowest BCUT2D eigenvalue weighted by Crippen LogP contribution is -2.44. The van der Waals surface area contributed by atoms with E-state index >= 15 is 0 Å². The Bertz CT molecular complexity index is 471. The van der Waals surface area contributed by atoms with Crippen molar-refractivity contribution >= 4 is 23.2 Å². The average Bonchev–Trinajstić information content (AvgIpc) is 2.44. The van der Waals surface area contributed by atoms with Crippen LogP contribution in [0.5, 0.6) is 0 Å². The molecule has 0 heterocycles. The molecule has 1 aromatic carbocycles. The first-order valence-corrected chi connectivity index (χ1v) is 8.21. The van der Waals surface area contributed by atoms with Crippen molar-refractivity contribution in [1.29, 1.82) is 0 Å². The van der Waals surface area contributed by atoms with Crippen LogP contribution in [0.15, 0.2) is 30.9 Å². The average molecular weight is 345 g/mol. The Balaban J connectivity index is 2.59. The van der Waals surface area contributed by atoms with Gasteiger partial charge in [0.1, 0.15) is 0 Å². The zero-order chi connectivity index (χ0) is 16.8. The van der Waals surface area contributed by atoms with E-state index in [1.54, 1.807) is 12.1 Å². The Hall–Kier alpha value is -0.580. The lowest BCUT2D eigenvalue weighted by Gasteiger charge is -2.31. The van der Waals surface area contributed by atoms with Crippen LogP contribution in [0.4, 0.5) is 0 Å². The number of rotatable bonds is 9. The first-order valence-electron chi connectivity index (χ1n) is 7.46. The molecule has 22 heavy (non-hydrogen) atoms. The maximum Gasteiger partial charge on any atom is 0.0861 e. The molecule has 0 radical (unpaired) electrons. The number of hydrogen-bond acceptors (Lipinski definition) is 3. The number of halogens is 2. The topological polar surface area (TPSA) is 33.3 Å². The Labute approximate surface area is 144 Å². The molecule has 0 fully saturated rings. The van der Waals surface area contributed by atoms with Crippen LogP contribution in [0.3, 0.4) is 0 Å². The van der Waals surface area contributed by atoms with E-state index < -0.39 is 0 Å².